The number of amides is 1. The van der Waals surface area contributed by atoms with Crippen LogP contribution >= 0.6 is 0 Å². The van der Waals surface area contributed by atoms with Gasteiger partial charge >= 0.3 is 0 Å². The molecule has 2 N–H and O–H groups in total. The van der Waals surface area contributed by atoms with Crippen LogP contribution in [0.15, 0.2) is 54.6 Å². The van der Waals surface area contributed by atoms with Gasteiger partial charge in [-0.25, -0.2) is 0 Å². The van der Waals surface area contributed by atoms with E-state index in [1.54, 1.807) is 12.1 Å². The molecule has 0 saturated heterocycles. The summed E-state index contributed by atoms with van der Waals surface area (Å²) in [4.78, 5) is 12.2. The largest absolute Gasteiger partial charge is 0.486 e. The minimum absolute atomic E-state index is 0.132. The maximum Gasteiger partial charge on any atom is 0.229 e. The van der Waals surface area contributed by atoms with Crippen LogP contribution in [-0.4, -0.2) is 29.3 Å². The molecule has 2 aromatic carbocycles. The Kier molecular flexibility index (Phi) is 5.05. The number of carbonyl (C=O) groups is 1. The highest BCUT2D eigenvalue weighted by Crippen LogP contribution is 2.33. The van der Waals surface area contributed by atoms with E-state index in [0.29, 0.717) is 37.0 Å². The maximum absolute atomic E-state index is 12.2. The highest BCUT2D eigenvalue weighted by Gasteiger charge is 2.12. The van der Waals surface area contributed by atoms with E-state index in [9.17, 15) is 4.79 Å². The Morgan fingerprint density at radius 2 is 1.75 bits per heavy atom. The Morgan fingerprint density at radius 1 is 0.964 bits per heavy atom. The number of rotatable bonds is 5. The molecular weight excluding hydrogens is 356 g/mol. The van der Waals surface area contributed by atoms with Crippen molar-refractivity contribution in [3.05, 3.63) is 65.7 Å². The van der Waals surface area contributed by atoms with E-state index >= 15 is 0 Å². The Balaban J connectivity index is 1.36. The van der Waals surface area contributed by atoms with Crippen LogP contribution in [0.5, 0.6) is 11.5 Å². The number of carbonyl (C=O) groups excluding carboxylic acids is 1. The summed E-state index contributed by atoms with van der Waals surface area (Å²) in [5.41, 5.74) is 2.90. The first kappa shape index (κ1) is 17.8. The lowest BCUT2D eigenvalue weighted by atomic mass is 10.1. The van der Waals surface area contributed by atoms with Crippen LogP contribution in [-0.2, 0) is 11.2 Å². The number of fused-ring (bicyclic) bond motifs is 1. The summed E-state index contributed by atoms with van der Waals surface area (Å²) >= 11 is 0. The van der Waals surface area contributed by atoms with E-state index in [4.69, 9.17) is 9.47 Å². The first-order chi connectivity index (χ1) is 13.7. The molecule has 0 atom stereocenters. The molecule has 0 spiro atoms. The van der Waals surface area contributed by atoms with Gasteiger partial charge in [-0.15, -0.1) is 10.2 Å². The number of aromatic nitrogens is 2. The zero-order chi connectivity index (χ0) is 19.3. The van der Waals surface area contributed by atoms with Crippen LogP contribution in [0, 0.1) is 6.92 Å². The van der Waals surface area contributed by atoms with Gasteiger partial charge in [-0.3, -0.25) is 4.79 Å². The van der Waals surface area contributed by atoms with Crippen molar-refractivity contribution in [2.24, 2.45) is 0 Å². The van der Waals surface area contributed by atoms with Gasteiger partial charge in [0.1, 0.15) is 13.2 Å². The van der Waals surface area contributed by atoms with E-state index in [0.717, 1.165) is 22.6 Å². The van der Waals surface area contributed by atoms with Crippen LogP contribution in [0.1, 0.15) is 11.1 Å². The van der Waals surface area contributed by atoms with Crippen LogP contribution in [0.25, 0.3) is 0 Å². The molecule has 0 unspecified atom stereocenters. The third-order valence-electron chi connectivity index (χ3n) is 4.19. The molecule has 0 aliphatic carbocycles. The Bertz CT molecular complexity index is 989. The second-order valence-electron chi connectivity index (χ2n) is 6.50. The molecule has 28 heavy (non-hydrogen) atoms. The molecule has 0 saturated carbocycles. The average Bonchev–Trinajstić information content (AvgIpc) is 2.69. The zero-order valence-electron chi connectivity index (χ0n) is 15.4. The second-order valence-corrected chi connectivity index (χ2v) is 6.50. The highest BCUT2D eigenvalue weighted by molar-refractivity contribution is 5.91. The zero-order valence-corrected chi connectivity index (χ0v) is 15.4. The Morgan fingerprint density at radius 3 is 2.54 bits per heavy atom. The molecule has 0 radical (unpaired) electrons. The normalized spacial score (nSPS) is 12.3. The number of hydrogen-bond acceptors (Lipinski definition) is 6. The fourth-order valence-electron chi connectivity index (χ4n) is 2.93. The third kappa shape index (κ3) is 4.37. The van der Waals surface area contributed by atoms with Crippen molar-refractivity contribution in [1.29, 1.82) is 0 Å². The first-order valence-corrected chi connectivity index (χ1v) is 9.01. The minimum atomic E-state index is -0.132. The van der Waals surface area contributed by atoms with Crippen molar-refractivity contribution in [3.8, 4) is 11.5 Å². The highest BCUT2D eigenvalue weighted by atomic mass is 16.6. The lowest BCUT2D eigenvalue weighted by Gasteiger charge is -2.19. The van der Waals surface area contributed by atoms with Gasteiger partial charge in [0, 0.05) is 11.8 Å². The quantitative estimate of drug-likeness (QED) is 0.709. The fraction of sp³-hybridized carbons (Fsp3) is 0.190. The van der Waals surface area contributed by atoms with Gasteiger partial charge in [-0.2, -0.15) is 0 Å². The molecule has 142 valence electrons. The molecule has 1 aliphatic heterocycles. The van der Waals surface area contributed by atoms with Crippen molar-refractivity contribution < 1.29 is 14.3 Å². The number of nitrogens with zero attached hydrogens (tertiary/aromatic N) is 2. The van der Waals surface area contributed by atoms with E-state index < -0.39 is 0 Å². The van der Waals surface area contributed by atoms with Gasteiger partial charge in [0.2, 0.25) is 5.91 Å². The summed E-state index contributed by atoms with van der Waals surface area (Å²) in [6.45, 7) is 3.09. The van der Waals surface area contributed by atoms with Gasteiger partial charge in [0.15, 0.2) is 23.1 Å². The summed E-state index contributed by atoms with van der Waals surface area (Å²) in [5, 5.41) is 14.1. The summed E-state index contributed by atoms with van der Waals surface area (Å²) in [7, 11) is 0. The van der Waals surface area contributed by atoms with Crippen LogP contribution in [0.4, 0.5) is 17.3 Å². The Labute approximate surface area is 162 Å². The molecule has 3 aromatic rings. The molecule has 0 bridgehead atoms. The van der Waals surface area contributed by atoms with Crippen molar-refractivity contribution in [1.82, 2.24) is 10.2 Å². The van der Waals surface area contributed by atoms with E-state index in [1.807, 2.05) is 49.4 Å². The van der Waals surface area contributed by atoms with E-state index in [2.05, 4.69) is 20.8 Å². The molecule has 1 aromatic heterocycles. The monoisotopic (exact) mass is 376 g/mol. The van der Waals surface area contributed by atoms with Crippen molar-refractivity contribution in [2.75, 3.05) is 23.8 Å². The topological polar surface area (TPSA) is 85.4 Å². The SMILES string of the molecule is Cc1cccc(CC(=O)Nc2ccc(Nc3ccc4c(c3)OCCO4)nn2)c1. The number of benzene rings is 2. The third-order valence-corrected chi connectivity index (χ3v) is 4.19. The fourth-order valence-corrected chi connectivity index (χ4v) is 2.93. The second kappa shape index (κ2) is 7.96. The van der Waals surface area contributed by atoms with Gasteiger partial charge < -0.3 is 20.1 Å². The van der Waals surface area contributed by atoms with Crippen LogP contribution < -0.4 is 20.1 Å². The van der Waals surface area contributed by atoms with Gasteiger partial charge in [-0.05, 0) is 36.8 Å². The molecule has 1 aliphatic rings. The standard InChI is InChI=1S/C21H20N4O3/c1-14-3-2-4-15(11-14)12-21(26)23-20-8-7-19(24-25-20)22-16-5-6-17-18(13-16)28-10-9-27-17/h2-8,11,13H,9-10,12H2,1H3,(H,22,24)(H,23,25,26). The first-order valence-electron chi connectivity index (χ1n) is 9.01. The summed E-state index contributed by atoms with van der Waals surface area (Å²) in [5.74, 6) is 2.27. The summed E-state index contributed by atoms with van der Waals surface area (Å²) < 4.78 is 11.1. The number of ether oxygens (including phenoxy) is 2. The predicted molar refractivity (Wildman–Crippen MR) is 106 cm³/mol. The van der Waals surface area contributed by atoms with E-state index in [-0.39, 0.29) is 5.91 Å². The molecular formula is C21H20N4O3. The maximum atomic E-state index is 12.2. The molecule has 4 rings (SSSR count). The van der Waals surface area contributed by atoms with Crippen LogP contribution in [0.3, 0.4) is 0 Å². The van der Waals surface area contributed by atoms with E-state index in [1.165, 1.54) is 0 Å². The molecule has 7 nitrogen and oxygen atoms in total. The average molecular weight is 376 g/mol. The molecule has 7 heteroatoms. The minimum Gasteiger partial charge on any atom is -0.486 e. The van der Waals surface area contributed by atoms with Gasteiger partial charge in [0.05, 0.1) is 6.42 Å². The lowest BCUT2D eigenvalue weighted by molar-refractivity contribution is -0.115. The number of hydrogen-bond donors (Lipinski definition) is 2. The Hall–Kier alpha value is -3.61. The lowest BCUT2D eigenvalue weighted by Crippen LogP contribution is -2.16. The smallest absolute Gasteiger partial charge is 0.229 e. The van der Waals surface area contributed by atoms with Crippen molar-refractivity contribution in [2.45, 2.75) is 13.3 Å². The van der Waals surface area contributed by atoms with Gasteiger partial charge in [0.25, 0.3) is 0 Å². The van der Waals surface area contributed by atoms with Gasteiger partial charge in [-0.1, -0.05) is 29.8 Å². The number of nitrogens with one attached hydrogen (secondary N) is 2. The van der Waals surface area contributed by atoms with Crippen LogP contribution in [0.2, 0.25) is 0 Å². The summed E-state index contributed by atoms with van der Waals surface area (Å²) in [6.07, 6.45) is 0.292. The van der Waals surface area contributed by atoms with Crippen molar-refractivity contribution in [3.63, 3.8) is 0 Å². The molecule has 2 heterocycles. The molecule has 1 amide bonds. The molecule has 0 fully saturated rings. The number of anilines is 3. The number of aryl methyl sites for hydroxylation is 1. The van der Waals surface area contributed by atoms with Crippen molar-refractivity contribution >= 4 is 23.2 Å². The predicted octanol–water partition coefficient (Wildman–Crippen LogP) is 3.48. The summed E-state index contributed by atoms with van der Waals surface area (Å²) in [6, 6.07) is 16.9.